The Hall–Kier alpha value is -3.07. The maximum atomic E-state index is 14.0. The van der Waals surface area contributed by atoms with Crippen molar-refractivity contribution in [1.82, 2.24) is 10.2 Å². The highest BCUT2D eigenvalue weighted by atomic mass is 35.5. The number of nitrogens with zero attached hydrogens (tertiary/aromatic N) is 2. The Morgan fingerprint density at radius 2 is 1.46 bits per heavy atom. The highest BCUT2D eigenvalue weighted by molar-refractivity contribution is 7.92. The summed E-state index contributed by atoms with van der Waals surface area (Å²) in [6.07, 6.45) is 0. The molecule has 7 nitrogen and oxygen atoms in total. The van der Waals surface area contributed by atoms with Crippen molar-refractivity contribution >= 4 is 50.7 Å². The molecule has 0 aliphatic carbocycles. The molecular formula is C29H33Cl2N3O4S. The van der Waals surface area contributed by atoms with E-state index in [1.165, 1.54) is 17.0 Å². The van der Waals surface area contributed by atoms with Crippen LogP contribution in [0.1, 0.15) is 38.8 Å². The molecule has 0 saturated carbocycles. The van der Waals surface area contributed by atoms with Crippen LogP contribution in [0.2, 0.25) is 10.0 Å². The van der Waals surface area contributed by atoms with Crippen LogP contribution in [-0.4, -0.2) is 43.3 Å². The second-order valence-corrected chi connectivity index (χ2v) is 13.0. The minimum Gasteiger partial charge on any atom is -0.350 e. The van der Waals surface area contributed by atoms with Crippen molar-refractivity contribution in [3.8, 4) is 0 Å². The van der Waals surface area contributed by atoms with Gasteiger partial charge in [-0.3, -0.25) is 13.9 Å². The average molecular weight is 591 g/mol. The predicted octanol–water partition coefficient (Wildman–Crippen LogP) is 5.83. The molecule has 0 aliphatic rings. The molecule has 0 heterocycles. The summed E-state index contributed by atoms with van der Waals surface area (Å²) in [5, 5.41) is 3.55. The number of nitrogens with one attached hydrogen (secondary N) is 1. The second-order valence-electron chi connectivity index (χ2n) is 10.3. The molecule has 0 aromatic heterocycles. The molecule has 0 radical (unpaired) electrons. The van der Waals surface area contributed by atoms with Crippen molar-refractivity contribution in [2.45, 2.75) is 57.6 Å². The van der Waals surface area contributed by atoms with E-state index in [2.05, 4.69) is 5.32 Å². The van der Waals surface area contributed by atoms with Gasteiger partial charge in [-0.25, -0.2) is 8.42 Å². The topological polar surface area (TPSA) is 86.8 Å². The predicted molar refractivity (Wildman–Crippen MR) is 157 cm³/mol. The van der Waals surface area contributed by atoms with Crippen LogP contribution in [0.4, 0.5) is 5.69 Å². The average Bonchev–Trinajstić information content (AvgIpc) is 2.86. The van der Waals surface area contributed by atoms with E-state index >= 15 is 0 Å². The van der Waals surface area contributed by atoms with Crippen molar-refractivity contribution in [3.63, 3.8) is 0 Å². The monoisotopic (exact) mass is 589 g/mol. The van der Waals surface area contributed by atoms with E-state index in [-0.39, 0.29) is 11.4 Å². The van der Waals surface area contributed by atoms with E-state index in [0.29, 0.717) is 21.3 Å². The van der Waals surface area contributed by atoms with Crippen LogP contribution >= 0.6 is 23.2 Å². The van der Waals surface area contributed by atoms with Gasteiger partial charge in [0.05, 0.1) is 10.6 Å². The molecule has 3 aromatic rings. The normalized spacial score (nSPS) is 12.5. The van der Waals surface area contributed by atoms with Crippen LogP contribution in [0.15, 0.2) is 77.7 Å². The fourth-order valence-corrected chi connectivity index (χ4v) is 5.82. The number of sulfonamides is 1. The third kappa shape index (κ3) is 7.75. The molecule has 0 fully saturated rings. The highest BCUT2D eigenvalue weighted by Crippen LogP contribution is 2.28. The van der Waals surface area contributed by atoms with E-state index in [1.54, 1.807) is 67.6 Å². The maximum absolute atomic E-state index is 14.0. The summed E-state index contributed by atoms with van der Waals surface area (Å²) in [5.74, 6) is -0.991. The van der Waals surface area contributed by atoms with Gasteiger partial charge < -0.3 is 10.2 Å². The SMILES string of the molecule is Cc1ccc(N(CC(=O)N(Cc2c(Cl)cccc2Cl)[C@@H](C)C(=O)NC(C)(C)C)S(=O)(=O)c2ccccc2)cc1. The number of aryl methyl sites for hydroxylation is 1. The van der Waals surface area contributed by atoms with Gasteiger partial charge in [0.15, 0.2) is 0 Å². The number of carbonyl (C=O) groups excluding carboxylic acids is 2. The quantitative estimate of drug-likeness (QED) is 0.340. The molecule has 0 aliphatic heterocycles. The van der Waals surface area contributed by atoms with Crippen molar-refractivity contribution in [2.75, 3.05) is 10.8 Å². The molecule has 10 heteroatoms. The summed E-state index contributed by atoms with van der Waals surface area (Å²) in [4.78, 5) is 28.5. The van der Waals surface area contributed by atoms with Crippen LogP contribution in [-0.2, 0) is 26.2 Å². The minimum atomic E-state index is -4.13. The van der Waals surface area contributed by atoms with Crippen molar-refractivity contribution in [1.29, 1.82) is 0 Å². The van der Waals surface area contributed by atoms with Crippen LogP contribution in [0, 0.1) is 6.92 Å². The van der Waals surface area contributed by atoms with E-state index < -0.39 is 40.0 Å². The standard InChI is InChI=1S/C29H33Cl2N3O4S/c1-20-14-16-22(17-15-20)34(39(37,38)23-10-7-6-8-11-23)19-27(35)33(21(2)28(36)32-29(3,4)5)18-24-25(30)12-9-13-26(24)31/h6-17,21H,18-19H2,1-5H3,(H,32,36)/t21-/m0/s1. The van der Waals surface area contributed by atoms with Crippen LogP contribution in [0.25, 0.3) is 0 Å². The lowest BCUT2D eigenvalue weighted by molar-refractivity contribution is -0.140. The summed E-state index contributed by atoms with van der Waals surface area (Å²) in [5.41, 5.74) is 1.16. The van der Waals surface area contributed by atoms with E-state index in [0.717, 1.165) is 9.87 Å². The summed E-state index contributed by atoms with van der Waals surface area (Å²) in [7, 11) is -4.13. The molecule has 1 N–H and O–H groups in total. The first-order valence-electron chi connectivity index (χ1n) is 12.4. The molecule has 3 rings (SSSR count). The first kappa shape index (κ1) is 30.5. The molecule has 0 spiro atoms. The lowest BCUT2D eigenvalue weighted by Crippen LogP contribution is -2.54. The van der Waals surface area contributed by atoms with E-state index in [4.69, 9.17) is 23.2 Å². The van der Waals surface area contributed by atoms with Crippen LogP contribution in [0.5, 0.6) is 0 Å². The lowest BCUT2D eigenvalue weighted by atomic mass is 10.1. The molecule has 1 atom stereocenters. The maximum Gasteiger partial charge on any atom is 0.264 e. The van der Waals surface area contributed by atoms with Gasteiger partial charge in [-0.05, 0) is 71.0 Å². The Kier molecular flexibility index (Phi) is 9.69. The largest absolute Gasteiger partial charge is 0.350 e. The molecular weight excluding hydrogens is 557 g/mol. The van der Waals surface area contributed by atoms with Gasteiger partial charge in [-0.1, -0.05) is 65.2 Å². The number of rotatable bonds is 9. The smallest absolute Gasteiger partial charge is 0.264 e. The second kappa shape index (κ2) is 12.4. The molecule has 208 valence electrons. The molecule has 0 bridgehead atoms. The zero-order valence-electron chi connectivity index (χ0n) is 22.6. The Morgan fingerprint density at radius 3 is 2.00 bits per heavy atom. The summed E-state index contributed by atoms with van der Waals surface area (Å²) >= 11 is 12.8. The van der Waals surface area contributed by atoms with Gasteiger partial charge in [-0.2, -0.15) is 0 Å². The van der Waals surface area contributed by atoms with Gasteiger partial charge in [0.25, 0.3) is 10.0 Å². The Bertz CT molecular complexity index is 1400. The Labute approximate surface area is 240 Å². The zero-order chi connectivity index (χ0) is 29.0. The van der Waals surface area contributed by atoms with E-state index in [1.807, 2.05) is 27.7 Å². The Balaban J connectivity index is 2.06. The molecule has 3 aromatic carbocycles. The summed E-state index contributed by atoms with van der Waals surface area (Å²) in [6, 6.07) is 18.7. The summed E-state index contributed by atoms with van der Waals surface area (Å²) < 4.78 is 28.6. The zero-order valence-corrected chi connectivity index (χ0v) is 24.9. The van der Waals surface area contributed by atoms with Gasteiger partial charge in [0, 0.05) is 27.7 Å². The van der Waals surface area contributed by atoms with Crippen molar-refractivity contribution in [3.05, 3.63) is 94.0 Å². The third-order valence-electron chi connectivity index (χ3n) is 5.99. The first-order chi connectivity index (χ1) is 18.2. The van der Waals surface area contributed by atoms with Gasteiger partial charge >= 0.3 is 0 Å². The van der Waals surface area contributed by atoms with Crippen molar-refractivity contribution < 1.29 is 18.0 Å². The molecule has 39 heavy (non-hydrogen) atoms. The number of carbonyl (C=O) groups is 2. The lowest BCUT2D eigenvalue weighted by Gasteiger charge is -2.33. The number of hydrogen-bond acceptors (Lipinski definition) is 4. The Morgan fingerprint density at radius 1 is 0.897 bits per heavy atom. The van der Waals surface area contributed by atoms with Gasteiger partial charge in [0.1, 0.15) is 12.6 Å². The number of amides is 2. The van der Waals surface area contributed by atoms with E-state index in [9.17, 15) is 18.0 Å². The molecule has 2 amide bonds. The highest BCUT2D eigenvalue weighted by Gasteiger charge is 2.33. The van der Waals surface area contributed by atoms with Crippen LogP contribution < -0.4 is 9.62 Å². The third-order valence-corrected chi connectivity index (χ3v) is 8.48. The summed E-state index contributed by atoms with van der Waals surface area (Å²) in [6.45, 7) is 8.33. The van der Waals surface area contributed by atoms with Gasteiger partial charge in [0.2, 0.25) is 11.8 Å². The number of anilines is 1. The fourth-order valence-electron chi connectivity index (χ4n) is 3.87. The molecule has 0 saturated heterocycles. The fraction of sp³-hybridized carbons (Fsp3) is 0.310. The number of hydrogen-bond donors (Lipinski definition) is 1. The number of benzene rings is 3. The first-order valence-corrected chi connectivity index (χ1v) is 14.6. The van der Waals surface area contributed by atoms with Crippen LogP contribution in [0.3, 0.4) is 0 Å². The van der Waals surface area contributed by atoms with Crippen molar-refractivity contribution in [2.24, 2.45) is 0 Å². The minimum absolute atomic E-state index is 0.0394. The van der Waals surface area contributed by atoms with Gasteiger partial charge in [-0.15, -0.1) is 0 Å². The molecule has 0 unspecified atom stereocenters. The number of halogens is 2.